The summed E-state index contributed by atoms with van der Waals surface area (Å²) in [4.78, 5) is 38.6. The van der Waals surface area contributed by atoms with Crippen molar-refractivity contribution in [3.8, 4) is 0 Å². The molecule has 3 heterocycles. The number of nitrogens with zero attached hydrogens (tertiary/aromatic N) is 2. The average molecular weight is 254 g/mol. The molecule has 0 aliphatic carbocycles. The Morgan fingerprint density at radius 1 is 1.17 bits per heavy atom. The number of hydrogen-bond acceptors (Lipinski definition) is 5. The fourth-order valence-corrected chi connectivity index (χ4v) is 2.19. The largest absolute Gasteiger partial charge is 0.372 e. The molecule has 0 aromatic heterocycles. The van der Waals surface area contributed by atoms with Gasteiger partial charge in [0, 0.05) is 6.54 Å². The van der Waals surface area contributed by atoms with E-state index in [2.05, 4.69) is 0 Å². The van der Waals surface area contributed by atoms with Gasteiger partial charge < -0.3 is 9.47 Å². The molecule has 0 N–H and O–H groups in total. The molecule has 7 nitrogen and oxygen atoms in total. The molecule has 3 aliphatic heterocycles. The summed E-state index contributed by atoms with van der Waals surface area (Å²) in [6.07, 6.45) is -0.221. The molecular formula is C11H14N2O5. The number of carbonyl (C=O) groups excluding carboxylic acids is 3. The molecule has 0 aromatic rings. The van der Waals surface area contributed by atoms with Crippen LogP contribution in [0.2, 0.25) is 0 Å². The Bertz CT molecular complexity index is 382. The molecule has 3 fully saturated rings. The summed E-state index contributed by atoms with van der Waals surface area (Å²) in [5.41, 5.74) is 0. The molecule has 3 atom stereocenters. The van der Waals surface area contributed by atoms with Gasteiger partial charge in [0.25, 0.3) is 0 Å². The SMILES string of the molecule is CCCN1C(=O)C(C2CO2)C(=O)N(C2CO2)C1=O. The normalized spacial score (nSPS) is 35.2. The molecule has 0 radical (unpaired) electrons. The second kappa shape index (κ2) is 4.03. The van der Waals surface area contributed by atoms with Crippen LogP contribution in [0.1, 0.15) is 13.3 Å². The molecule has 3 saturated heterocycles. The lowest BCUT2D eigenvalue weighted by atomic mass is 10.00. The van der Waals surface area contributed by atoms with Crippen LogP contribution in [-0.2, 0) is 19.1 Å². The lowest BCUT2D eigenvalue weighted by Gasteiger charge is -2.35. The molecular weight excluding hydrogens is 240 g/mol. The molecule has 4 amide bonds. The van der Waals surface area contributed by atoms with Crippen molar-refractivity contribution >= 4 is 17.8 Å². The fourth-order valence-electron chi connectivity index (χ4n) is 2.19. The molecule has 0 bridgehead atoms. The smallest absolute Gasteiger partial charge is 0.335 e. The number of rotatable bonds is 4. The van der Waals surface area contributed by atoms with Crippen LogP contribution >= 0.6 is 0 Å². The Labute approximate surface area is 104 Å². The van der Waals surface area contributed by atoms with Crippen LogP contribution in [0.3, 0.4) is 0 Å². The van der Waals surface area contributed by atoms with Gasteiger partial charge in [-0.25, -0.2) is 9.69 Å². The quantitative estimate of drug-likeness (QED) is 0.501. The molecule has 0 saturated carbocycles. The average Bonchev–Trinajstić information content (AvgIpc) is 3.15. The maximum Gasteiger partial charge on any atom is 0.335 e. The predicted octanol–water partition coefficient (Wildman–Crippen LogP) is -0.441. The van der Waals surface area contributed by atoms with Crippen LogP contribution in [0.15, 0.2) is 0 Å². The van der Waals surface area contributed by atoms with E-state index in [1.807, 2.05) is 6.92 Å². The number of epoxide rings is 2. The molecule has 3 aliphatic rings. The Kier molecular flexibility index (Phi) is 2.60. The van der Waals surface area contributed by atoms with Crippen LogP contribution in [0.4, 0.5) is 4.79 Å². The summed E-state index contributed by atoms with van der Waals surface area (Å²) < 4.78 is 10.1. The zero-order valence-corrected chi connectivity index (χ0v) is 10.00. The summed E-state index contributed by atoms with van der Waals surface area (Å²) in [6, 6.07) is -0.564. The van der Waals surface area contributed by atoms with Crippen molar-refractivity contribution in [3.05, 3.63) is 0 Å². The summed E-state index contributed by atoms with van der Waals surface area (Å²) in [7, 11) is 0. The molecule has 3 unspecified atom stereocenters. The van der Waals surface area contributed by atoms with Gasteiger partial charge in [-0.05, 0) is 6.42 Å². The fraction of sp³-hybridized carbons (Fsp3) is 0.727. The summed E-state index contributed by atoms with van der Waals surface area (Å²) in [6.45, 7) is 2.94. The van der Waals surface area contributed by atoms with E-state index in [0.717, 1.165) is 9.80 Å². The Hall–Kier alpha value is -1.47. The number of carbonyl (C=O) groups is 3. The van der Waals surface area contributed by atoms with Gasteiger partial charge in [-0.15, -0.1) is 0 Å². The van der Waals surface area contributed by atoms with E-state index >= 15 is 0 Å². The van der Waals surface area contributed by atoms with Gasteiger partial charge in [0.05, 0.1) is 13.2 Å². The topological polar surface area (TPSA) is 82.8 Å². The van der Waals surface area contributed by atoms with Crippen molar-refractivity contribution in [3.63, 3.8) is 0 Å². The Balaban J connectivity index is 1.89. The van der Waals surface area contributed by atoms with Crippen LogP contribution in [0.25, 0.3) is 0 Å². The maximum absolute atomic E-state index is 12.2. The highest BCUT2D eigenvalue weighted by Gasteiger charge is 2.56. The number of urea groups is 1. The zero-order valence-electron chi connectivity index (χ0n) is 10.00. The van der Waals surface area contributed by atoms with Crippen LogP contribution < -0.4 is 0 Å². The first-order valence-corrected chi connectivity index (χ1v) is 6.06. The van der Waals surface area contributed by atoms with Crippen molar-refractivity contribution in [2.45, 2.75) is 25.7 Å². The highest BCUT2D eigenvalue weighted by molar-refractivity contribution is 6.16. The third kappa shape index (κ3) is 1.70. The van der Waals surface area contributed by atoms with Crippen molar-refractivity contribution in [1.29, 1.82) is 0 Å². The first-order chi connectivity index (χ1) is 8.65. The Morgan fingerprint density at radius 2 is 1.83 bits per heavy atom. The highest BCUT2D eigenvalue weighted by Crippen LogP contribution is 2.32. The van der Waals surface area contributed by atoms with E-state index in [4.69, 9.17) is 9.47 Å². The van der Waals surface area contributed by atoms with Crippen molar-refractivity contribution in [2.24, 2.45) is 5.92 Å². The van der Waals surface area contributed by atoms with E-state index in [1.165, 1.54) is 0 Å². The summed E-state index contributed by atoms with van der Waals surface area (Å²) in [5.74, 6) is -1.80. The minimum atomic E-state index is -0.876. The zero-order chi connectivity index (χ0) is 12.9. The number of barbiturate groups is 1. The third-order valence-corrected chi connectivity index (χ3v) is 3.25. The minimum absolute atomic E-state index is 0.317. The van der Waals surface area contributed by atoms with E-state index in [0.29, 0.717) is 26.2 Å². The maximum atomic E-state index is 12.2. The summed E-state index contributed by atoms with van der Waals surface area (Å²) >= 11 is 0. The molecule has 7 heteroatoms. The Morgan fingerprint density at radius 3 is 2.33 bits per heavy atom. The van der Waals surface area contributed by atoms with Gasteiger partial charge in [0.2, 0.25) is 11.8 Å². The van der Waals surface area contributed by atoms with Gasteiger partial charge in [-0.1, -0.05) is 6.92 Å². The first-order valence-electron chi connectivity index (χ1n) is 6.06. The lowest BCUT2D eigenvalue weighted by molar-refractivity contribution is -0.151. The second-order valence-electron chi connectivity index (χ2n) is 4.62. The first kappa shape index (κ1) is 11.6. The molecule has 3 rings (SSSR count). The van der Waals surface area contributed by atoms with Crippen LogP contribution in [0, 0.1) is 5.92 Å². The standard InChI is InChI=1S/C11H14N2O5/c1-2-3-12-9(14)8(6-4-17-6)10(15)13(11(12)16)7-5-18-7/h6-8H,2-5H2,1H3. The minimum Gasteiger partial charge on any atom is -0.372 e. The number of hydrogen-bond donors (Lipinski definition) is 0. The number of imide groups is 2. The van der Waals surface area contributed by atoms with Crippen molar-refractivity contribution < 1.29 is 23.9 Å². The molecule has 0 spiro atoms. The van der Waals surface area contributed by atoms with Gasteiger partial charge in [-0.3, -0.25) is 14.5 Å². The third-order valence-electron chi connectivity index (χ3n) is 3.25. The van der Waals surface area contributed by atoms with Crippen molar-refractivity contribution in [1.82, 2.24) is 9.80 Å². The number of ether oxygens (including phenoxy) is 2. The summed E-state index contributed by atoms with van der Waals surface area (Å²) in [5, 5.41) is 0. The number of amides is 4. The molecule has 98 valence electrons. The van der Waals surface area contributed by atoms with E-state index < -0.39 is 30.0 Å². The van der Waals surface area contributed by atoms with Gasteiger partial charge in [0.15, 0.2) is 6.23 Å². The molecule has 0 aromatic carbocycles. The second-order valence-corrected chi connectivity index (χ2v) is 4.62. The van der Waals surface area contributed by atoms with Crippen LogP contribution in [-0.4, -0.2) is 59.7 Å². The molecule has 18 heavy (non-hydrogen) atoms. The van der Waals surface area contributed by atoms with Crippen molar-refractivity contribution in [2.75, 3.05) is 19.8 Å². The predicted molar refractivity (Wildman–Crippen MR) is 57.2 cm³/mol. The van der Waals surface area contributed by atoms with Gasteiger partial charge >= 0.3 is 6.03 Å². The van der Waals surface area contributed by atoms with Gasteiger partial charge in [0.1, 0.15) is 12.0 Å². The monoisotopic (exact) mass is 254 g/mol. The van der Waals surface area contributed by atoms with E-state index in [-0.39, 0.29) is 6.10 Å². The highest BCUT2D eigenvalue weighted by atomic mass is 16.6. The van der Waals surface area contributed by atoms with E-state index in [9.17, 15) is 14.4 Å². The lowest BCUT2D eigenvalue weighted by Crippen LogP contribution is -2.61. The van der Waals surface area contributed by atoms with Crippen LogP contribution in [0.5, 0.6) is 0 Å². The van der Waals surface area contributed by atoms with E-state index in [1.54, 1.807) is 0 Å². The van der Waals surface area contributed by atoms with Gasteiger partial charge in [-0.2, -0.15) is 0 Å².